The van der Waals surface area contributed by atoms with Crippen molar-refractivity contribution in [3.05, 3.63) is 24.5 Å². The van der Waals surface area contributed by atoms with E-state index in [1.807, 2.05) is 12.1 Å². The van der Waals surface area contributed by atoms with Gasteiger partial charge in [-0.15, -0.1) is 0 Å². The zero-order chi connectivity index (χ0) is 10.9. The summed E-state index contributed by atoms with van der Waals surface area (Å²) in [6.07, 6.45) is 7.11. The van der Waals surface area contributed by atoms with Gasteiger partial charge in [-0.25, -0.2) is 0 Å². The average Bonchev–Trinajstić information content (AvgIpc) is 2.26. The van der Waals surface area contributed by atoms with Gasteiger partial charge < -0.3 is 10.6 Å². The monoisotopic (exact) mass is 223 g/mol. The summed E-state index contributed by atoms with van der Waals surface area (Å²) < 4.78 is 0. The number of thiocarbonyl (C=S) groups is 1. The van der Waals surface area contributed by atoms with Gasteiger partial charge in [0, 0.05) is 12.7 Å². The van der Waals surface area contributed by atoms with Gasteiger partial charge in [0.15, 0.2) is 5.11 Å². The highest BCUT2D eigenvalue weighted by Gasteiger charge is 1.95. The molecular formula is C11H17N3S. The van der Waals surface area contributed by atoms with Gasteiger partial charge in [0.2, 0.25) is 0 Å². The van der Waals surface area contributed by atoms with E-state index in [1.165, 1.54) is 12.8 Å². The molecule has 0 atom stereocenters. The normalized spacial score (nSPS) is 9.67. The zero-order valence-corrected chi connectivity index (χ0v) is 9.81. The van der Waals surface area contributed by atoms with Crippen LogP contribution in [0.2, 0.25) is 0 Å². The number of hydrogen-bond donors (Lipinski definition) is 2. The van der Waals surface area contributed by atoms with Gasteiger partial charge in [-0.3, -0.25) is 4.98 Å². The lowest BCUT2D eigenvalue weighted by Crippen LogP contribution is -2.29. The molecule has 1 aromatic rings. The molecule has 0 aliphatic rings. The highest BCUT2D eigenvalue weighted by molar-refractivity contribution is 7.80. The smallest absolute Gasteiger partial charge is 0.170 e. The number of nitrogens with one attached hydrogen (secondary N) is 2. The van der Waals surface area contributed by atoms with E-state index in [0.29, 0.717) is 5.11 Å². The minimum atomic E-state index is 0.666. The summed E-state index contributed by atoms with van der Waals surface area (Å²) in [5.41, 5.74) is 0.922. The van der Waals surface area contributed by atoms with Crippen LogP contribution in [0.1, 0.15) is 26.2 Å². The van der Waals surface area contributed by atoms with Crippen molar-refractivity contribution in [3.8, 4) is 0 Å². The Morgan fingerprint density at radius 3 is 3.00 bits per heavy atom. The molecule has 0 aliphatic heterocycles. The first-order valence-electron chi connectivity index (χ1n) is 5.28. The molecule has 0 aliphatic carbocycles. The fraction of sp³-hybridized carbons (Fsp3) is 0.455. The standard InChI is InChI=1S/C11H17N3S/c1-2-3-4-8-13-11(15)14-10-6-5-7-12-9-10/h5-7,9H,2-4,8H2,1H3,(H2,13,14,15). The molecule has 0 spiro atoms. The lowest BCUT2D eigenvalue weighted by molar-refractivity contribution is 0.698. The van der Waals surface area contributed by atoms with Gasteiger partial charge in [0.1, 0.15) is 0 Å². The Bertz CT molecular complexity index is 287. The Balaban J connectivity index is 2.19. The van der Waals surface area contributed by atoms with E-state index >= 15 is 0 Å². The third kappa shape index (κ3) is 5.32. The fourth-order valence-electron chi connectivity index (χ4n) is 1.19. The van der Waals surface area contributed by atoms with Gasteiger partial charge >= 0.3 is 0 Å². The maximum absolute atomic E-state index is 5.14. The molecule has 0 amide bonds. The van der Waals surface area contributed by atoms with Crippen molar-refractivity contribution in [2.45, 2.75) is 26.2 Å². The second kappa shape index (κ2) is 7.17. The number of pyridine rings is 1. The van der Waals surface area contributed by atoms with Gasteiger partial charge in [-0.1, -0.05) is 19.8 Å². The second-order valence-electron chi connectivity index (χ2n) is 3.33. The highest BCUT2D eigenvalue weighted by atomic mass is 32.1. The topological polar surface area (TPSA) is 37.0 Å². The van der Waals surface area contributed by atoms with Gasteiger partial charge in [0.05, 0.1) is 11.9 Å². The molecule has 0 unspecified atom stereocenters. The molecule has 0 saturated carbocycles. The van der Waals surface area contributed by atoms with Crippen molar-refractivity contribution in [3.63, 3.8) is 0 Å². The lowest BCUT2D eigenvalue weighted by atomic mass is 10.2. The molecular weight excluding hydrogens is 206 g/mol. The Morgan fingerprint density at radius 1 is 1.47 bits per heavy atom. The van der Waals surface area contributed by atoms with E-state index in [1.54, 1.807) is 12.4 Å². The number of nitrogens with zero attached hydrogens (tertiary/aromatic N) is 1. The molecule has 0 fully saturated rings. The summed E-state index contributed by atoms with van der Waals surface area (Å²) in [6.45, 7) is 3.12. The summed E-state index contributed by atoms with van der Waals surface area (Å²) in [7, 11) is 0. The number of anilines is 1. The van der Waals surface area contributed by atoms with Gasteiger partial charge in [-0.2, -0.15) is 0 Å². The van der Waals surface area contributed by atoms with Crippen molar-refractivity contribution in [2.75, 3.05) is 11.9 Å². The minimum absolute atomic E-state index is 0.666. The molecule has 0 radical (unpaired) electrons. The summed E-state index contributed by atoms with van der Waals surface area (Å²) >= 11 is 5.14. The predicted octanol–water partition coefficient (Wildman–Crippen LogP) is 2.56. The Kier molecular flexibility index (Phi) is 5.70. The largest absolute Gasteiger partial charge is 0.362 e. The van der Waals surface area contributed by atoms with Crippen LogP contribution in [-0.4, -0.2) is 16.6 Å². The van der Waals surface area contributed by atoms with E-state index in [2.05, 4.69) is 22.5 Å². The van der Waals surface area contributed by atoms with Gasteiger partial charge in [-0.05, 0) is 30.8 Å². The van der Waals surface area contributed by atoms with Crippen LogP contribution in [-0.2, 0) is 0 Å². The average molecular weight is 223 g/mol. The van der Waals surface area contributed by atoms with E-state index in [-0.39, 0.29) is 0 Å². The molecule has 4 heteroatoms. The van der Waals surface area contributed by atoms with E-state index in [4.69, 9.17) is 12.2 Å². The van der Waals surface area contributed by atoms with E-state index in [9.17, 15) is 0 Å². The number of unbranched alkanes of at least 4 members (excludes halogenated alkanes) is 2. The third-order valence-electron chi connectivity index (χ3n) is 1.99. The first-order valence-corrected chi connectivity index (χ1v) is 5.68. The SMILES string of the molecule is CCCCCNC(=S)Nc1cccnc1. The van der Waals surface area contributed by atoms with Crippen molar-refractivity contribution >= 4 is 23.0 Å². The molecule has 0 saturated heterocycles. The Morgan fingerprint density at radius 2 is 2.33 bits per heavy atom. The summed E-state index contributed by atoms with van der Waals surface area (Å²) in [6, 6.07) is 3.81. The number of rotatable bonds is 5. The molecule has 1 aromatic heterocycles. The van der Waals surface area contributed by atoms with Crippen LogP contribution in [0.3, 0.4) is 0 Å². The first-order chi connectivity index (χ1) is 7.33. The van der Waals surface area contributed by atoms with Crippen LogP contribution in [0.4, 0.5) is 5.69 Å². The molecule has 82 valence electrons. The van der Waals surface area contributed by atoms with E-state index < -0.39 is 0 Å². The van der Waals surface area contributed by atoms with Crippen molar-refractivity contribution in [1.82, 2.24) is 10.3 Å². The maximum atomic E-state index is 5.14. The van der Waals surface area contributed by atoms with Gasteiger partial charge in [0.25, 0.3) is 0 Å². The van der Waals surface area contributed by atoms with Crippen LogP contribution in [0, 0.1) is 0 Å². The third-order valence-corrected chi connectivity index (χ3v) is 2.23. The van der Waals surface area contributed by atoms with Crippen LogP contribution in [0.15, 0.2) is 24.5 Å². The Hall–Kier alpha value is -1.16. The molecule has 0 aromatic carbocycles. The number of hydrogen-bond acceptors (Lipinski definition) is 2. The van der Waals surface area contributed by atoms with Crippen molar-refractivity contribution in [2.24, 2.45) is 0 Å². The zero-order valence-electron chi connectivity index (χ0n) is 8.99. The fourth-order valence-corrected chi connectivity index (χ4v) is 1.41. The van der Waals surface area contributed by atoms with Crippen LogP contribution < -0.4 is 10.6 Å². The van der Waals surface area contributed by atoms with Crippen LogP contribution in [0.5, 0.6) is 0 Å². The minimum Gasteiger partial charge on any atom is -0.362 e. The van der Waals surface area contributed by atoms with Crippen molar-refractivity contribution < 1.29 is 0 Å². The molecule has 2 N–H and O–H groups in total. The van der Waals surface area contributed by atoms with E-state index in [0.717, 1.165) is 18.7 Å². The predicted molar refractivity (Wildman–Crippen MR) is 68.0 cm³/mol. The van der Waals surface area contributed by atoms with Crippen molar-refractivity contribution in [1.29, 1.82) is 0 Å². The van der Waals surface area contributed by atoms with Crippen LogP contribution >= 0.6 is 12.2 Å². The summed E-state index contributed by atoms with van der Waals surface area (Å²) in [5, 5.41) is 6.90. The quantitative estimate of drug-likeness (QED) is 0.594. The molecule has 3 nitrogen and oxygen atoms in total. The lowest BCUT2D eigenvalue weighted by Gasteiger charge is -2.09. The highest BCUT2D eigenvalue weighted by Crippen LogP contribution is 2.01. The first kappa shape index (κ1) is 11.9. The summed E-state index contributed by atoms with van der Waals surface area (Å²) in [5.74, 6) is 0. The summed E-state index contributed by atoms with van der Waals surface area (Å²) in [4.78, 5) is 4.00. The number of aromatic nitrogens is 1. The molecule has 1 heterocycles. The maximum Gasteiger partial charge on any atom is 0.170 e. The second-order valence-corrected chi connectivity index (χ2v) is 3.74. The Labute approximate surface area is 96.3 Å². The molecule has 15 heavy (non-hydrogen) atoms. The van der Waals surface area contributed by atoms with Crippen LogP contribution in [0.25, 0.3) is 0 Å². The molecule has 0 bridgehead atoms. The molecule has 1 rings (SSSR count).